The van der Waals surface area contributed by atoms with Crippen LogP contribution in [0.15, 0.2) is 0 Å². The summed E-state index contributed by atoms with van der Waals surface area (Å²) in [6.45, 7) is 6.47. The van der Waals surface area contributed by atoms with E-state index in [2.05, 4.69) is 0 Å². The predicted molar refractivity (Wildman–Crippen MR) is 59.4 cm³/mol. The lowest BCUT2D eigenvalue weighted by Gasteiger charge is -2.39. The summed E-state index contributed by atoms with van der Waals surface area (Å²) >= 11 is 0. The molecule has 0 saturated heterocycles. The van der Waals surface area contributed by atoms with Crippen molar-refractivity contribution in [2.75, 3.05) is 20.8 Å². The molecule has 0 heterocycles. The van der Waals surface area contributed by atoms with Crippen LogP contribution in [0.4, 0.5) is 0 Å². The van der Waals surface area contributed by atoms with E-state index in [0.29, 0.717) is 13.0 Å². The van der Waals surface area contributed by atoms with Crippen LogP contribution in [-0.4, -0.2) is 32.8 Å². The summed E-state index contributed by atoms with van der Waals surface area (Å²) in [6, 6.07) is -0.114. The summed E-state index contributed by atoms with van der Waals surface area (Å²) in [6.07, 6.45) is 0.298. The number of carbonyl (C=O) groups is 1. The highest BCUT2D eigenvalue weighted by Gasteiger charge is 2.40. The van der Waals surface area contributed by atoms with E-state index in [9.17, 15) is 4.79 Å². The predicted octanol–water partition coefficient (Wildman–Crippen LogP) is 1.19. The van der Waals surface area contributed by atoms with Gasteiger partial charge in [-0.3, -0.25) is 4.79 Å². The van der Waals surface area contributed by atoms with Crippen LogP contribution in [0.25, 0.3) is 0 Å². The Morgan fingerprint density at radius 3 is 2.13 bits per heavy atom. The molecule has 0 amide bonds. The van der Waals surface area contributed by atoms with Gasteiger partial charge in [0.25, 0.3) is 0 Å². The Balaban J connectivity index is 4.86. The molecule has 0 radical (unpaired) electrons. The first-order chi connectivity index (χ1) is 6.90. The lowest BCUT2D eigenvalue weighted by molar-refractivity contribution is -0.146. The van der Waals surface area contributed by atoms with Gasteiger partial charge in [0.1, 0.15) is 0 Å². The maximum atomic E-state index is 11.4. The van der Waals surface area contributed by atoms with Gasteiger partial charge < -0.3 is 15.2 Å². The van der Waals surface area contributed by atoms with E-state index in [1.54, 1.807) is 7.11 Å². The van der Waals surface area contributed by atoms with Gasteiger partial charge in [-0.2, -0.15) is 0 Å². The quantitative estimate of drug-likeness (QED) is 0.679. The van der Waals surface area contributed by atoms with Gasteiger partial charge in [-0.05, 0) is 12.8 Å². The third-order valence-corrected chi connectivity index (χ3v) is 3.17. The molecule has 0 rings (SSSR count). The Morgan fingerprint density at radius 1 is 1.33 bits per heavy atom. The number of rotatable bonds is 6. The van der Waals surface area contributed by atoms with Crippen LogP contribution in [0.2, 0.25) is 0 Å². The molecule has 0 aromatic heterocycles. The summed E-state index contributed by atoms with van der Waals surface area (Å²) in [5, 5.41) is 0. The molecule has 0 spiro atoms. The number of ether oxygens (including phenoxy) is 2. The molecule has 2 unspecified atom stereocenters. The van der Waals surface area contributed by atoms with Gasteiger partial charge in [-0.1, -0.05) is 13.8 Å². The largest absolute Gasteiger partial charge is 0.469 e. The van der Waals surface area contributed by atoms with Crippen molar-refractivity contribution < 1.29 is 14.3 Å². The second-order valence-corrected chi connectivity index (χ2v) is 4.36. The van der Waals surface area contributed by atoms with E-state index in [1.165, 1.54) is 7.11 Å². The average molecular weight is 217 g/mol. The number of carbonyl (C=O) groups excluding carboxylic acids is 1. The van der Waals surface area contributed by atoms with Crippen molar-refractivity contribution in [2.45, 2.75) is 33.2 Å². The molecule has 0 saturated carbocycles. The van der Waals surface area contributed by atoms with Gasteiger partial charge in [0.15, 0.2) is 0 Å². The number of hydrogen-bond donors (Lipinski definition) is 1. The maximum absolute atomic E-state index is 11.4. The average Bonchev–Trinajstić information content (AvgIpc) is 2.15. The fourth-order valence-corrected chi connectivity index (χ4v) is 1.85. The van der Waals surface area contributed by atoms with Gasteiger partial charge >= 0.3 is 5.97 Å². The zero-order valence-corrected chi connectivity index (χ0v) is 10.4. The smallest absolute Gasteiger partial charge is 0.306 e. The van der Waals surface area contributed by atoms with E-state index in [0.717, 1.165) is 0 Å². The zero-order valence-electron chi connectivity index (χ0n) is 10.4. The van der Waals surface area contributed by atoms with Crippen LogP contribution in [0.1, 0.15) is 27.2 Å². The molecule has 4 heteroatoms. The Bertz CT molecular complexity index is 194. The van der Waals surface area contributed by atoms with Crippen LogP contribution < -0.4 is 5.73 Å². The van der Waals surface area contributed by atoms with Crippen molar-refractivity contribution in [3.8, 4) is 0 Å². The van der Waals surface area contributed by atoms with Crippen LogP contribution in [0.3, 0.4) is 0 Å². The first-order valence-corrected chi connectivity index (χ1v) is 5.22. The van der Waals surface area contributed by atoms with Crippen molar-refractivity contribution in [1.82, 2.24) is 0 Å². The lowest BCUT2D eigenvalue weighted by Crippen LogP contribution is -2.48. The minimum Gasteiger partial charge on any atom is -0.469 e. The van der Waals surface area contributed by atoms with Crippen LogP contribution in [-0.2, 0) is 14.3 Å². The summed E-state index contributed by atoms with van der Waals surface area (Å²) < 4.78 is 9.89. The Hall–Kier alpha value is -0.610. The highest BCUT2D eigenvalue weighted by atomic mass is 16.5. The van der Waals surface area contributed by atoms with E-state index in [-0.39, 0.29) is 23.3 Å². The first-order valence-electron chi connectivity index (χ1n) is 5.22. The number of hydrogen-bond acceptors (Lipinski definition) is 4. The Labute approximate surface area is 92.1 Å². The van der Waals surface area contributed by atoms with Gasteiger partial charge in [0.2, 0.25) is 0 Å². The maximum Gasteiger partial charge on any atom is 0.306 e. The van der Waals surface area contributed by atoms with E-state index in [4.69, 9.17) is 15.2 Å². The van der Waals surface area contributed by atoms with Crippen molar-refractivity contribution >= 4 is 5.97 Å². The SMILES string of the molecule is COCC(CC(=O)OC)(C(C)C)C(C)N. The lowest BCUT2D eigenvalue weighted by atomic mass is 9.70. The Kier molecular flexibility index (Phi) is 5.83. The summed E-state index contributed by atoms with van der Waals surface area (Å²) in [5.74, 6) is 0.0228. The first kappa shape index (κ1) is 14.4. The van der Waals surface area contributed by atoms with Crippen LogP contribution in [0, 0.1) is 11.3 Å². The third kappa shape index (κ3) is 3.47. The van der Waals surface area contributed by atoms with E-state index < -0.39 is 0 Å². The van der Waals surface area contributed by atoms with Gasteiger partial charge in [0.05, 0.1) is 20.1 Å². The molecular formula is C11H23NO3. The Morgan fingerprint density at radius 2 is 1.87 bits per heavy atom. The molecule has 0 bridgehead atoms. The third-order valence-electron chi connectivity index (χ3n) is 3.17. The van der Waals surface area contributed by atoms with E-state index >= 15 is 0 Å². The molecule has 2 N–H and O–H groups in total. The zero-order chi connectivity index (χ0) is 12.1. The van der Waals surface area contributed by atoms with Crippen molar-refractivity contribution in [2.24, 2.45) is 17.1 Å². The standard InChI is InChI=1S/C11H23NO3/c1-8(2)11(7-14-4,9(3)12)6-10(13)15-5/h8-9H,6-7,12H2,1-5H3. The monoisotopic (exact) mass is 217 g/mol. The number of methoxy groups -OCH3 is 2. The van der Waals surface area contributed by atoms with Crippen molar-refractivity contribution in [3.63, 3.8) is 0 Å². The van der Waals surface area contributed by atoms with Crippen molar-refractivity contribution in [3.05, 3.63) is 0 Å². The second kappa shape index (κ2) is 6.08. The second-order valence-electron chi connectivity index (χ2n) is 4.36. The molecule has 0 aromatic carbocycles. The molecule has 0 fully saturated rings. The van der Waals surface area contributed by atoms with Crippen LogP contribution in [0.5, 0.6) is 0 Å². The van der Waals surface area contributed by atoms with Crippen LogP contribution >= 0.6 is 0 Å². The highest BCUT2D eigenvalue weighted by Crippen LogP contribution is 2.35. The molecule has 2 atom stereocenters. The number of esters is 1. The molecule has 0 aliphatic heterocycles. The molecule has 4 nitrogen and oxygen atoms in total. The van der Waals surface area contributed by atoms with E-state index in [1.807, 2.05) is 20.8 Å². The summed E-state index contributed by atoms with van der Waals surface area (Å²) in [7, 11) is 3.01. The van der Waals surface area contributed by atoms with Gasteiger partial charge in [0, 0.05) is 18.6 Å². The number of nitrogens with two attached hydrogens (primary N) is 1. The fraction of sp³-hybridized carbons (Fsp3) is 0.909. The minimum absolute atomic E-state index is 0.114. The highest BCUT2D eigenvalue weighted by molar-refractivity contribution is 5.70. The van der Waals surface area contributed by atoms with Crippen molar-refractivity contribution in [1.29, 1.82) is 0 Å². The molecule has 15 heavy (non-hydrogen) atoms. The van der Waals surface area contributed by atoms with Gasteiger partial charge in [-0.15, -0.1) is 0 Å². The molecule has 0 aliphatic carbocycles. The minimum atomic E-state index is -0.345. The molecule has 90 valence electrons. The molecular weight excluding hydrogens is 194 g/mol. The summed E-state index contributed by atoms with van der Waals surface area (Å²) in [5.41, 5.74) is 5.63. The van der Waals surface area contributed by atoms with Gasteiger partial charge in [-0.25, -0.2) is 0 Å². The molecule has 0 aliphatic rings. The molecule has 0 aromatic rings. The fourth-order valence-electron chi connectivity index (χ4n) is 1.85. The normalized spacial score (nSPS) is 17.3. The summed E-state index contributed by atoms with van der Waals surface area (Å²) in [4.78, 5) is 11.4. The topological polar surface area (TPSA) is 61.5 Å².